The van der Waals surface area contributed by atoms with Crippen LogP contribution < -0.4 is 5.32 Å². The van der Waals surface area contributed by atoms with Crippen molar-refractivity contribution in [1.29, 1.82) is 0 Å². The summed E-state index contributed by atoms with van der Waals surface area (Å²) in [5, 5.41) is 13.4. The van der Waals surface area contributed by atoms with Crippen molar-refractivity contribution >= 4 is 0 Å². The van der Waals surface area contributed by atoms with Gasteiger partial charge >= 0.3 is 0 Å². The van der Waals surface area contributed by atoms with E-state index in [1.54, 1.807) is 6.20 Å². The number of imidazole rings is 1. The normalized spacial score (nSPS) is 27.9. The van der Waals surface area contributed by atoms with Gasteiger partial charge in [0.05, 0.1) is 12.4 Å². The van der Waals surface area contributed by atoms with Gasteiger partial charge in [-0.3, -0.25) is 0 Å². The summed E-state index contributed by atoms with van der Waals surface area (Å²) < 4.78 is 2.06. The molecule has 0 saturated heterocycles. The summed E-state index contributed by atoms with van der Waals surface area (Å²) in [6.07, 6.45) is 9.85. The Kier molecular flexibility index (Phi) is 3.96. The van der Waals surface area contributed by atoms with Crippen LogP contribution in [0.1, 0.15) is 32.6 Å². The lowest BCUT2D eigenvalue weighted by molar-refractivity contribution is 0.0847. The molecule has 0 bridgehead atoms. The Morgan fingerprint density at radius 1 is 1.50 bits per heavy atom. The minimum Gasteiger partial charge on any atom is -0.392 e. The highest BCUT2D eigenvalue weighted by Gasteiger charge is 2.23. The summed E-state index contributed by atoms with van der Waals surface area (Å²) >= 11 is 0. The highest BCUT2D eigenvalue weighted by atomic mass is 16.3. The van der Waals surface area contributed by atoms with Gasteiger partial charge in [-0.05, 0) is 19.8 Å². The second-order valence-electron chi connectivity index (χ2n) is 4.79. The lowest BCUT2D eigenvalue weighted by Gasteiger charge is -2.31. The molecule has 0 amide bonds. The van der Waals surface area contributed by atoms with Crippen LogP contribution in [-0.2, 0) is 6.54 Å². The van der Waals surface area contributed by atoms with Gasteiger partial charge in [0.2, 0.25) is 0 Å². The fraction of sp³-hybridized carbons (Fsp3) is 0.750. The Labute approximate surface area is 96.7 Å². The zero-order chi connectivity index (χ0) is 11.4. The summed E-state index contributed by atoms with van der Waals surface area (Å²) in [4.78, 5) is 4.02. The lowest BCUT2D eigenvalue weighted by atomic mass is 9.92. The first-order valence-electron chi connectivity index (χ1n) is 6.15. The second kappa shape index (κ2) is 5.46. The van der Waals surface area contributed by atoms with Crippen LogP contribution in [0.4, 0.5) is 0 Å². The summed E-state index contributed by atoms with van der Waals surface area (Å²) in [5.41, 5.74) is 0. The molecule has 1 aromatic heterocycles. The van der Waals surface area contributed by atoms with Gasteiger partial charge in [-0.1, -0.05) is 12.8 Å². The first kappa shape index (κ1) is 11.6. The van der Waals surface area contributed by atoms with Crippen LogP contribution in [0.25, 0.3) is 0 Å². The van der Waals surface area contributed by atoms with Crippen molar-refractivity contribution in [2.75, 3.05) is 0 Å². The van der Waals surface area contributed by atoms with Gasteiger partial charge in [0, 0.05) is 31.0 Å². The monoisotopic (exact) mass is 223 g/mol. The van der Waals surface area contributed by atoms with Crippen molar-refractivity contribution in [3.05, 3.63) is 18.7 Å². The molecule has 1 aromatic rings. The van der Waals surface area contributed by atoms with E-state index in [2.05, 4.69) is 21.8 Å². The van der Waals surface area contributed by atoms with Gasteiger partial charge in [-0.25, -0.2) is 4.98 Å². The number of rotatable bonds is 4. The summed E-state index contributed by atoms with van der Waals surface area (Å²) in [6, 6.07) is 0.638. The van der Waals surface area contributed by atoms with E-state index in [1.807, 2.05) is 12.5 Å². The maximum atomic E-state index is 9.86. The third-order valence-electron chi connectivity index (χ3n) is 3.27. The Hall–Kier alpha value is -0.870. The lowest BCUT2D eigenvalue weighted by Crippen LogP contribution is -2.47. The van der Waals surface area contributed by atoms with Crippen molar-refractivity contribution in [2.45, 2.75) is 57.3 Å². The van der Waals surface area contributed by atoms with Gasteiger partial charge in [0.25, 0.3) is 0 Å². The summed E-state index contributed by atoms with van der Waals surface area (Å²) in [5.74, 6) is 0. The Balaban J connectivity index is 1.79. The van der Waals surface area contributed by atoms with Crippen molar-refractivity contribution < 1.29 is 5.11 Å². The predicted octanol–water partition coefficient (Wildman–Crippen LogP) is 1.16. The fourth-order valence-corrected chi connectivity index (χ4v) is 2.43. The number of nitrogens with one attached hydrogen (secondary N) is 1. The molecule has 4 heteroatoms. The maximum absolute atomic E-state index is 9.86. The first-order valence-corrected chi connectivity index (χ1v) is 6.15. The molecule has 1 fully saturated rings. The average molecular weight is 223 g/mol. The molecular formula is C12H21N3O. The molecule has 90 valence electrons. The van der Waals surface area contributed by atoms with E-state index in [1.165, 1.54) is 6.42 Å². The number of aliphatic hydroxyl groups excluding tert-OH is 1. The van der Waals surface area contributed by atoms with Crippen LogP contribution in [-0.4, -0.2) is 32.8 Å². The highest BCUT2D eigenvalue weighted by Crippen LogP contribution is 2.18. The molecule has 0 aromatic carbocycles. The Bertz CT molecular complexity index is 299. The molecule has 0 spiro atoms. The molecular weight excluding hydrogens is 202 g/mol. The van der Waals surface area contributed by atoms with E-state index in [0.29, 0.717) is 6.04 Å². The van der Waals surface area contributed by atoms with Crippen molar-refractivity contribution in [3.63, 3.8) is 0 Å². The van der Waals surface area contributed by atoms with Gasteiger partial charge in [0.15, 0.2) is 0 Å². The number of aromatic nitrogens is 2. The molecule has 4 nitrogen and oxygen atoms in total. The molecule has 1 aliphatic carbocycles. The number of nitrogens with zero attached hydrogens (tertiary/aromatic N) is 2. The summed E-state index contributed by atoms with van der Waals surface area (Å²) in [6.45, 7) is 3.06. The van der Waals surface area contributed by atoms with Crippen molar-refractivity contribution in [2.24, 2.45) is 0 Å². The quantitative estimate of drug-likeness (QED) is 0.805. The molecule has 1 unspecified atom stereocenters. The van der Waals surface area contributed by atoms with E-state index >= 15 is 0 Å². The fourth-order valence-electron chi connectivity index (χ4n) is 2.43. The topological polar surface area (TPSA) is 50.1 Å². The van der Waals surface area contributed by atoms with Gasteiger partial charge in [-0.15, -0.1) is 0 Å². The second-order valence-corrected chi connectivity index (χ2v) is 4.79. The van der Waals surface area contributed by atoms with Crippen LogP contribution in [0, 0.1) is 0 Å². The molecule has 2 rings (SSSR count). The predicted molar refractivity (Wildman–Crippen MR) is 63.1 cm³/mol. The van der Waals surface area contributed by atoms with Gasteiger partial charge in [0.1, 0.15) is 0 Å². The molecule has 2 N–H and O–H groups in total. The van der Waals surface area contributed by atoms with E-state index in [9.17, 15) is 5.11 Å². The standard InChI is InChI=1S/C12H21N3O/c1-10(8-15-7-6-13-9-15)14-11-4-2-3-5-12(11)16/h6-7,9-12,14,16H,2-5,8H2,1H3/t10?,11-,12-/m1/s1. The van der Waals surface area contributed by atoms with E-state index in [-0.39, 0.29) is 12.1 Å². The number of aliphatic hydroxyl groups is 1. The molecule has 0 aliphatic heterocycles. The third kappa shape index (κ3) is 3.06. The zero-order valence-corrected chi connectivity index (χ0v) is 9.84. The van der Waals surface area contributed by atoms with Crippen LogP contribution in [0.2, 0.25) is 0 Å². The zero-order valence-electron chi connectivity index (χ0n) is 9.84. The average Bonchev–Trinajstić information content (AvgIpc) is 2.74. The molecule has 0 radical (unpaired) electrons. The minimum atomic E-state index is -0.168. The van der Waals surface area contributed by atoms with Crippen LogP contribution in [0.15, 0.2) is 18.7 Å². The SMILES string of the molecule is CC(Cn1ccnc1)N[C@@H]1CCCC[C@H]1O. The number of hydrogen-bond acceptors (Lipinski definition) is 3. The van der Waals surface area contributed by atoms with Crippen LogP contribution in [0.5, 0.6) is 0 Å². The largest absolute Gasteiger partial charge is 0.392 e. The van der Waals surface area contributed by atoms with E-state index < -0.39 is 0 Å². The summed E-state index contributed by atoms with van der Waals surface area (Å²) in [7, 11) is 0. The molecule has 1 saturated carbocycles. The molecule has 3 atom stereocenters. The smallest absolute Gasteiger partial charge is 0.0946 e. The minimum absolute atomic E-state index is 0.168. The Morgan fingerprint density at radius 2 is 2.31 bits per heavy atom. The van der Waals surface area contributed by atoms with Gasteiger partial charge < -0.3 is 15.0 Å². The van der Waals surface area contributed by atoms with E-state index in [0.717, 1.165) is 25.8 Å². The van der Waals surface area contributed by atoms with E-state index in [4.69, 9.17) is 0 Å². The molecule has 16 heavy (non-hydrogen) atoms. The van der Waals surface area contributed by atoms with Crippen molar-refractivity contribution in [1.82, 2.24) is 14.9 Å². The van der Waals surface area contributed by atoms with Crippen LogP contribution in [0.3, 0.4) is 0 Å². The van der Waals surface area contributed by atoms with Crippen molar-refractivity contribution in [3.8, 4) is 0 Å². The maximum Gasteiger partial charge on any atom is 0.0946 e. The highest BCUT2D eigenvalue weighted by molar-refractivity contribution is 4.83. The van der Waals surface area contributed by atoms with Crippen LogP contribution >= 0.6 is 0 Å². The molecule has 1 aliphatic rings. The Morgan fingerprint density at radius 3 is 3.00 bits per heavy atom. The first-order chi connectivity index (χ1) is 7.75. The molecule has 1 heterocycles. The van der Waals surface area contributed by atoms with Gasteiger partial charge in [-0.2, -0.15) is 0 Å². The number of hydrogen-bond donors (Lipinski definition) is 2. The third-order valence-corrected chi connectivity index (χ3v) is 3.27.